The van der Waals surface area contributed by atoms with Gasteiger partial charge in [0.05, 0.1) is 6.04 Å². The molecule has 6 nitrogen and oxygen atoms in total. The number of rotatable bonds is 3. The first-order valence-electron chi connectivity index (χ1n) is 7.85. The van der Waals surface area contributed by atoms with Crippen LogP contribution in [0.2, 0.25) is 0 Å². The molecule has 0 radical (unpaired) electrons. The van der Waals surface area contributed by atoms with Crippen LogP contribution in [0, 0.1) is 0 Å². The summed E-state index contributed by atoms with van der Waals surface area (Å²) in [6, 6.07) is 10.0. The fourth-order valence-electron chi connectivity index (χ4n) is 3.04. The summed E-state index contributed by atoms with van der Waals surface area (Å²) >= 11 is 0. The monoisotopic (exact) mass is 310 g/mol. The van der Waals surface area contributed by atoms with Gasteiger partial charge in [-0.1, -0.05) is 18.2 Å². The van der Waals surface area contributed by atoms with Gasteiger partial charge in [0, 0.05) is 19.3 Å². The third-order valence-electron chi connectivity index (χ3n) is 4.32. The van der Waals surface area contributed by atoms with E-state index < -0.39 is 0 Å². The average molecular weight is 310 g/mol. The normalized spacial score (nSPS) is 20.2. The first kappa shape index (κ1) is 14.0. The average Bonchev–Trinajstić information content (AvgIpc) is 2.57. The van der Waals surface area contributed by atoms with Crippen LogP contribution in [-0.4, -0.2) is 46.0 Å². The molecule has 4 rings (SSSR count). The Kier molecular flexibility index (Phi) is 3.57. The molecule has 1 N–H and O–H groups in total. The predicted molar refractivity (Wildman–Crippen MR) is 85.2 cm³/mol. The van der Waals surface area contributed by atoms with Crippen molar-refractivity contribution in [2.75, 3.05) is 18.4 Å². The van der Waals surface area contributed by atoms with Crippen molar-refractivity contribution in [3.63, 3.8) is 0 Å². The van der Waals surface area contributed by atoms with Crippen molar-refractivity contribution in [3.8, 4) is 5.75 Å². The highest BCUT2D eigenvalue weighted by molar-refractivity contribution is 5.82. The topological polar surface area (TPSA) is 67.3 Å². The number of anilines is 1. The maximum absolute atomic E-state index is 12.5. The van der Waals surface area contributed by atoms with E-state index >= 15 is 0 Å². The van der Waals surface area contributed by atoms with Gasteiger partial charge < -0.3 is 15.0 Å². The Balaban J connectivity index is 1.32. The smallest absolute Gasteiger partial charge is 0.263 e. The number of ether oxygens (including phenoxy) is 1. The van der Waals surface area contributed by atoms with E-state index in [0.29, 0.717) is 13.1 Å². The maximum Gasteiger partial charge on any atom is 0.263 e. The molecule has 0 spiro atoms. The van der Waals surface area contributed by atoms with E-state index in [1.807, 2.05) is 29.2 Å². The highest BCUT2D eigenvalue weighted by Gasteiger charge is 2.36. The van der Waals surface area contributed by atoms with Crippen molar-refractivity contribution in [2.24, 2.45) is 0 Å². The lowest BCUT2D eigenvalue weighted by Gasteiger charge is -2.42. The molecule has 1 aromatic carbocycles. The van der Waals surface area contributed by atoms with Gasteiger partial charge in [0.25, 0.3) is 5.91 Å². The molecular weight excluding hydrogens is 292 g/mol. The maximum atomic E-state index is 12.5. The van der Waals surface area contributed by atoms with Crippen molar-refractivity contribution < 1.29 is 9.53 Å². The number of nitrogens with zero attached hydrogens (tertiary/aromatic N) is 3. The zero-order chi connectivity index (χ0) is 15.6. The fourth-order valence-corrected chi connectivity index (χ4v) is 3.04. The number of hydrogen-bond donors (Lipinski definition) is 1. The number of fused-ring (bicyclic) bond motifs is 1. The van der Waals surface area contributed by atoms with Gasteiger partial charge in [0.1, 0.15) is 17.9 Å². The minimum Gasteiger partial charge on any atom is -0.480 e. The molecule has 1 fully saturated rings. The third kappa shape index (κ3) is 2.84. The molecule has 2 aromatic rings. The van der Waals surface area contributed by atoms with Gasteiger partial charge in [0.15, 0.2) is 6.10 Å². The molecular formula is C17H18N4O2. The number of aromatic nitrogens is 2. The SMILES string of the molecule is O=C(C1CCc2ccccc2O1)N1CC(Nc2ccncn2)C1. The quantitative estimate of drug-likeness (QED) is 0.930. The van der Waals surface area contributed by atoms with Gasteiger partial charge in [-0.2, -0.15) is 0 Å². The number of carbonyl (C=O) groups excluding carboxylic acids is 1. The molecule has 0 bridgehead atoms. The van der Waals surface area contributed by atoms with Gasteiger partial charge in [-0.15, -0.1) is 0 Å². The molecule has 2 aliphatic heterocycles. The first-order chi connectivity index (χ1) is 11.3. The lowest BCUT2D eigenvalue weighted by Crippen LogP contribution is -2.60. The summed E-state index contributed by atoms with van der Waals surface area (Å²) in [6.07, 6.45) is 4.49. The van der Waals surface area contributed by atoms with Gasteiger partial charge in [0.2, 0.25) is 0 Å². The summed E-state index contributed by atoms with van der Waals surface area (Å²) in [7, 11) is 0. The Morgan fingerprint density at radius 3 is 2.96 bits per heavy atom. The summed E-state index contributed by atoms with van der Waals surface area (Å²) in [4.78, 5) is 22.4. The van der Waals surface area contributed by atoms with E-state index in [-0.39, 0.29) is 18.1 Å². The summed E-state index contributed by atoms with van der Waals surface area (Å²) < 4.78 is 5.87. The van der Waals surface area contributed by atoms with Crippen LogP contribution in [0.25, 0.3) is 0 Å². The number of carbonyl (C=O) groups is 1. The lowest BCUT2D eigenvalue weighted by atomic mass is 10.00. The summed E-state index contributed by atoms with van der Waals surface area (Å²) in [5, 5.41) is 3.30. The molecule has 1 atom stereocenters. The number of nitrogens with one attached hydrogen (secondary N) is 1. The molecule has 1 unspecified atom stereocenters. The van der Waals surface area contributed by atoms with Gasteiger partial charge in [-0.05, 0) is 30.5 Å². The van der Waals surface area contributed by atoms with Crippen molar-refractivity contribution in [1.82, 2.24) is 14.9 Å². The van der Waals surface area contributed by atoms with Crippen LogP contribution in [0.5, 0.6) is 5.75 Å². The summed E-state index contributed by atoms with van der Waals surface area (Å²) in [5.74, 6) is 1.72. The van der Waals surface area contributed by atoms with Crippen molar-refractivity contribution in [1.29, 1.82) is 0 Å². The predicted octanol–water partition coefficient (Wildman–Crippen LogP) is 1.49. The largest absolute Gasteiger partial charge is 0.480 e. The van der Waals surface area contributed by atoms with E-state index in [1.54, 1.807) is 6.20 Å². The number of benzene rings is 1. The number of amides is 1. The molecule has 2 aliphatic rings. The van der Waals surface area contributed by atoms with Crippen LogP contribution < -0.4 is 10.1 Å². The summed E-state index contributed by atoms with van der Waals surface area (Å²) in [5.41, 5.74) is 1.18. The molecule has 1 aromatic heterocycles. The molecule has 118 valence electrons. The van der Waals surface area contributed by atoms with Gasteiger partial charge in [-0.25, -0.2) is 9.97 Å². The zero-order valence-corrected chi connectivity index (χ0v) is 12.7. The van der Waals surface area contributed by atoms with Crippen molar-refractivity contribution >= 4 is 11.7 Å². The number of likely N-dealkylation sites (tertiary alicyclic amines) is 1. The second kappa shape index (κ2) is 5.87. The standard InChI is InChI=1S/C17H18N4O2/c22-17(15-6-5-12-3-1-2-4-14(12)23-15)21-9-13(10-21)20-16-7-8-18-11-19-16/h1-4,7-8,11,13,15H,5-6,9-10H2,(H,18,19,20). The Labute approximate surface area is 134 Å². The molecule has 0 aliphatic carbocycles. The van der Waals surface area contributed by atoms with E-state index in [2.05, 4.69) is 21.4 Å². The Morgan fingerprint density at radius 1 is 1.26 bits per heavy atom. The Morgan fingerprint density at radius 2 is 2.13 bits per heavy atom. The van der Waals surface area contributed by atoms with E-state index in [9.17, 15) is 4.79 Å². The molecule has 0 saturated carbocycles. The highest BCUT2D eigenvalue weighted by Crippen LogP contribution is 2.28. The Hall–Kier alpha value is -2.63. The third-order valence-corrected chi connectivity index (χ3v) is 4.32. The van der Waals surface area contributed by atoms with Gasteiger partial charge >= 0.3 is 0 Å². The number of hydrogen-bond acceptors (Lipinski definition) is 5. The number of aryl methyl sites for hydroxylation is 1. The van der Waals surface area contributed by atoms with E-state index in [1.165, 1.54) is 11.9 Å². The first-order valence-corrected chi connectivity index (χ1v) is 7.85. The van der Waals surface area contributed by atoms with Crippen LogP contribution in [-0.2, 0) is 11.2 Å². The van der Waals surface area contributed by atoms with Crippen molar-refractivity contribution in [3.05, 3.63) is 48.4 Å². The van der Waals surface area contributed by atoms with E-state index in [0.717, 1.165) is 24.4 Å². The van der Waals surface area contributed by atoms with Gasteiger partial charge in [-0.3, -0.25) is 4.79 Å². The fraction of sp³-hybridized carbons (Fsp3) is 0.353. The van der Waals surface area contributed by atoms with Crippen LogP contribution in [0.3, 0.4) is 0 Å². The van der Waals surface area contributed by atoms with E-state index in [4.69, 9.17) is 4.74 Å². The second-order valence-electron chi connectivity index (χ2n) is 5.93. The lowest BCUT2D eigenvalue weighted by molar-refractivity contribution is -0.143. The minimum absolute atomic E-state index is 0.0836. The molecule has 1 saturated heterocycles. The van der Waals surface area contributed by atoms with Crippen LogP contribution in [0.1, 0.15) is 12.0 Å². The highest BCUT2D eigenvalue weighted by atomic mass is 16.5. The van der Waals surface area contributed by atoms with Crippen LogP contribution in [0.15, 0.2) is 42.9 Å². The van der Waals surface area contributed by atoms with Crippen molar-refractivity contribution in [2.45, 2.75) is 25.0 Å². The molecule has 1 amide bonds. The van der Waals surface area contributed by atoms with Crippen LogP contribution >= 0.6 is 0 Å². The number of para-hydroxylation sites is 1. The second-order valence-corrected chi connectivity index (χ2v) is 5.93. The van der Waals surface area contributed by atoms with Crippen LogP contribution in [0.4, 0.5) is 5.82 Å². The zero-order valence-electron chi connectivity index (χ0n) is 12.7. The minimum atomic E-state index is -0.357. The molecule has 3 heterocycles. The molecule has 23 heavy (non-hydrogen) atoms. The summed E-state index contributed by atoms with van der Waals surface area (Å²) in [6.45, 7) is 1.37. The molecule has 6 heteroatoms. The Bertz CT molecular complexity index is 701.